The predicted molar refractivity (Wildman–Crippen MR) is 138 cm³/mol. The van der Waals surface area contributed by atoms with Gasteiger partial charge in [-0.25, -0.2) is 4.68 Å². The number of nitrogens with one attached hydrogen (secondary N) is 1. The minimum atomic E-state index is -4.57. The first-order valence-electron chi connectivity index (χ1n) is 12.1. The summed E-state index contributed by atoms with van der Waals surface area (Å²) in [4.78, 5) is 13.2. The van der Waals surface area contributed by atoms with Gasteiger partial charge in [0.1, 0.15) is 11.4 Å². The van der Waals surface area contributed by atoms with E-state index in [0.29, 0.717) is 29.8 Å². The van der Waals surface area contributed by atoms with Gasteiger partial charge in [0.15, 0.2) is 0 Å². The van der Waals surface area contributed by atoms with Crippen LogP contribution in [-0.2, 0) is 19.6 Å². The van der Waals surface area contributed by atoms with Crippen LogP contribution in [0.3, 0.4) is 0 Å². The Morgan fingerprint density at radius 2 is 1.92 bits per heavy atom. The third-order valence-electron chi connectivity index (χ3n) is 6.47. The van der Waals surface area contributed by atoms with Gasteiger partial charge in [0.05, 0.1) is 36.4 Å². The topological polar surface area (TPSA) is 86.9 Å². The van der Waals surface area contributed by atoms with Gasteiger partial charge in [-0.15, -0.1) is 5.10 Å². The van der Waals surface area contributed by atoms with Gasteiger partial charge < -0.3 is 10.1 Å². The monoisotopic (exact) mass is 526 g/mol. The number of unbranched alkanes of at least 4 members (excludes halogenated alkanes) is 1. The molecule has 8 nitrogen and oxygen atoms in total. The first-order valence-corrected chi connectivity index (χ1v) is 12.1. The second-order valence-corrected chi connectivity index (χ2v) is 9.09. The van der Waals surface area contributed by atoms with Gasteiger partial charge >= 0.3 is 6.18 Å². The Labute approximate surface area is 218 Å². The van der Waals surface area contributed by atoms with Crippen LogP contribution in [0.15, 0.2) is 42.7 Å². The largest absolute Gasteiger partial charge is 0.494 e. The van der Waals surface area contributed by atoms with Gasteiger partial charge in [-0.05, 0) is 62.1 Å². The highest BCUT2D eigenvalue weighted by atomic mass is 19.4. The molecule has 4 aromatic rings. The lowest BCUT2D eigenvalue weighted by Crippen LogP contribution is -2.16. The van der Waals surface area contributed by atoms with E-state index >= 15 is 0 Å². The highest BCUT2D eigenvalue weighted by molar-refractivity contribution is 6.05. The van der Waals surface area contributed by atoms with Crippen molar-refractivity contribution in [1.82, 2.24) is 24.8 Å². The number of anilines is 1. The summed E-state index contributed by atoms with van der Waals surface area (Å²) < 4.78 is 49.6. The number of alkyl halides is 3. The zero-order valence-corrected chi connectivity index (χ0v) is 21.8. The minimum absolute atomic E-state index is 0.0318. The number of carbonyl (C=O) groups excluding carboxylic acids is 1. The molecule has 200 valence electrons. The van der Waals surface area contributed by atoms with Crippen LogP contribution in [0.2, 0.25) is 0 Å². The van der Waals surface area contributed by atoms with Crippen molar-refractivity contribution < 1.29 is 22.7 Å². The number of amides is 1. The number of hydrogen-bond donors (Lipinski definition) is 1. The molecule has 0 aliphatic carbocycles. The van der Waals surface area contributed by atoms with E-state index in [1.807, 2.05) is 27.8 Å². The third-order valence-corrected chi connectivity index (χ3v) is 6.47. The van der Waals surface area contributed by atoms with E-state index in [9.17, 15) is 18.0 Å². The number of methoxy groups -OCH3 is 1. The molecule has 11 heteroatoms. The fourth-order valence-electron chi connectivity index (χ4n) is 4.19. The van der Waals surface area contributed by atoms with Gasteiger partial charge in [-0.3, -0.25) is 9.48 Å². The Kier molecular flexibility index (Phi) is 7.56. The highest BCUT2D eigenvalue weighted by Gasteiger charge is 2.33. The first-order chi connectivity index (χ1) is 18.0. The van der Waals surface area contributed by atoms with Gasteiger partial charge in [-0.1, -0.05) is 24.6 Å². The Balaban J connectivity index is 1.67. The molecular weight excluding hydrogens is 497 g/mol. The molecule has 0 spiro atoms. The molecule has 1 N–H and O–H groups in total. The molecule has 1 amide bonds. The summed E-state index contributed by atoms with van der Waals surface area (Å²) in [6.07, 6.45) is 0.761. The van der Waals surface area contributed by atoms with E-state index in [1.165, 1.54) is 7.11 Å². The van der Waals surface area contributed by atoms with Gasteiger partial charge in [0.25, 0.3) is 5.91 Å². The van der Waals surface area contributed by atoms with Crippen LogP contribution in [0.1, 0.15) is 52.5 Å². The van der Waals surface area contributed by atoms with E-state index in [2.05, 4.69) is 20.7 Å². The zero-order valence-electron chi connectivity index (χ0n) is 21.8. The molecule has 2 heterocycles. The second-order valence-electron chi connectivity index (χ2n) is 9.09. The number of halogens is 3. The van der Waals surface area contributed by atoms with Gasteiger partial charge in [0, 0.05) is 23.9 Å². The third kappa shape index (κ3) is 5.41. The lowest BCUT2D eigenvalue weighted by Gasteiger charge is -2.18. The summed E-state index contributed by atoms with van der Waals surface area (Å²) in [5.74, 6) is -0.353. The fraction of sp³-hybridized carbons (Fsp3) is 0.333. The molecule has 0 aliphatic heterocycles. The Bertz CT molecular complexity index is 1470. The summed E-state index contributed by atoms with van der Waals surface area (Å²) >= 11 is 0. The molecule has 0 aliphatic rings. The number of rotatable bonds is 8. The summed E-state index contributed by atoms with van der Waals surface area (Å²) in [6.45, 7) is 5.74. The highest BCUT2D eigenvalue weighted by Crippen LogP contribution is 2.39. The number of nitrogens with zero attached hydrogens (tertiary/aromatic N) is 5. The minimum Gasteiger partial charge on any atom is -0.494 e. The second kappa shape index (κ2) is 10.7. The number of carbonyl (C=O) groups is 1. The molecule has 38 heavy (non-hydrogen) atoms. The van der Waals surface area contributed by atoms with Crippen LogP contribution in [0.5, 0.6) is 5.75 Å². The van der Waals surface area contributed by atoms with Gasteiger partial charge in [0.2, 0.25) is 0 Å². The standard InChI is InChI=1S/C27H29F3N6O2/c1-6-7-8-18-11-20(27(28,29)30)13-22(25(18)38-5)32-26(37)19-10-9-16(2)24(12-19)36-15-23(33-34-36)21-14-31-35(4)17(21)3/h9-15H,6-8H2,1-5H3,(H,32,37). The molecule has 4 rings (SSSR count). The first kappa shape index (κ1) is 26.9. The molecule has 0 saturated heterocycles. The zero-order chi connectivity index (χ0) is 27.6. The molecular formula is C27H29F3N6O2. The SMILES string of the molecule is CCCCc1cc(C(F)(F)F)cc(NC(=O)c2ccc(C)c(-n3cc(-c4cnn(C)c4C)nn3)c2)c1OC. The van der Waals surface area contributed by atoms with Crippen molar-refractivity contribution >= 4 is 11.6 Å². The smallest absolute Gasteiger partial charge is 0.416 e. The van der Waals surface area contributed by atoms with Gasteiger partial charge in [-0.2, -0.15) is 18.3 Å². The van der Waals surface area contributed by atoms with Crippen molar-refractivity contribution in [3.8, 4) is 22.7 Å². The molecule has 0 saturated carbocycles. The molecule has 0 radical (unpaired) electrons. The molecule has 2 aromatic carbocycles. The van der Waals surface area contributed by atoms with Crippen molar-refractivity contribution in [2.75, 3.05) is 12.4 Å². The molecule has 0 unspecified atom stereocenters. The molecule has 0 bridgehead atoms. The fourth-order valence-corrected chi connectivity index (χ4v) is 4.19. The average Bonchev–Trinajstić information content (AvgIpc) is 3.48. The maximum Gasteiger partial charge on any atom is 0.416 e. The quantitative estimate of drug-likeness (QED) is 0.309. The maximum absolute atomic E-state index is 13.6. The summed E-state index contributed by atoms with van der Waals surface area (Å²) in [5, 5.41) is 15.3. The van der Waals surface area contributed by atoms with Crippen LogP contribution in [0.4, 0.5) is 18.9 Å². The van der Waals surface area contributed by atoms with Crippen molar-refractivity contribution in [2.45, 2.75) is 46.2 Å². The predicted octanol–water partition coefficient (Wildman–Crippen LogP) is 5.91. The van der Waals surface area contributed by atoms with Crippen molar-refractivity contribution in [2.24, 2.45) is 7.05 Å². The normalized spacial score (nSPS) is 11.6. The van der Waals surface area contributed by atoms with Crippen LogP contribution in [0.25, 0.3) is 16.9 Å². The Hall–Kier alpha value is -4.15. The number of benzene rings is 2. The number of hydrogen-bond acceptors (Lipinski definition) is 5. The van der Waals surface area contributed by atoms with Crippen LogP contribution < -0.4 is 10.1 Å². The van der Waals surface area contributed by atoms with E-state index in [0.717, 1.165) is 35.4 Å². The van der Waals surface area contributed by atoms with Crippen molar-refractivity contribution in [3.63, 3.8) is 0 Å². The van der Waals surface area contributed by atoms with E-state index in [4.69, 9.17) is 4.74 Å². The van der Waals surface area contributed by atoms with Crippen LogP contribution in [0, 0.1) is 13.8 Å². The lowest BCUT2D eigenvalue weighted by atomic mass is 10.0. The van der Waals surface area contributed by atoms with Crippen molar-refractivity contribution in [3.05, 3.63) is 70.7 Å². The van der Waals surface area contributed by atoms with E-state index in [-0.39, 0.29) is 17.0 Å². The summed E-state index contributed by atoms with van der Waals surface area (Å²) in [7, 11) is 3.21. The van der Waals surface area contributed by atoms with E-state index < -0.39 is 17.6 Å². The molecule has 2 aromatic heterocycles. The number of aryl methyl sites for hydroxylation is 3. The number of aromatic nitrogens is 5. The average molecular weight is 527 g/mol. The summed E-state index contributed by atoms with van der Waals surface area (Å²) in [5.41, 5.74) is 3.59. The summed E-state index contributed by atoms with van der Waals surface area (Å²) in [6, 6.07) is 6.96. The van der Waals surface area contributed by atoms with Crippen LogP contribution in [-0.4, -0.2) is 37.8 Å². The maximum atomic E-state index is 13.6. The van der Waals surface area contributed by atoms with Crippen LogP contribution >= 0.6 is 0 Å². The van der Waals surface area contributed by atoms with E-state index in [1.54, 1.807) is 40.0 Å². The number of ether oxygens (including phenoxy) is 1. The Morgan fingerprint density at radius 1 is 1.16 bits per heavy atom. The molecule has 0 fully saturated rings. The Morgan fingerprint density at radius 3 is 2.55 bits per heavy atom. The molecule has 0 atom stereocenters. The van der Waals surface area contributed by atoms with Crippen molar-refractivity contribution in [1.29, 1.82) is 0 Å². The lowest BCUT2D eigenvalue weighted by molar-refractivity contribution is -0.137.